The molecule has 4 heteroatoms. The van der Waals surface area contributed by atoms with Crippen LogP contribution in [-0.2, 0) is 0 Å². The van der Waals surface area contributed by atoms with Gasteiger partial charge in [0.15, 0.2) is 0 Å². The molecular weight excluding hydrogens is 218 g/mol. The fraction of sp³-hybridized carbons (Fsp3) is 0.462. The molecule has 4 nitrogen and oxygen atoms in total. The lowest BCUT2D eigenvalue weighted by Gasteiger charge is -2.09. The highest BCUT2D eigenvalue weighted by Gasteiger charge is 2.11. The van der Waals surface area contributed by atoms with E-state index in [4.69, 9.17) is 9.94 Å². The van der Waals surface area contributed by atoms with E-state index in [9.17, 15) is 5.11 Å². The molecule has 0 radical (unpaired) electrons. The van der Waals surface area contributed by atoms with E-state index >= 15 is 0 Å². The summed E-state index contributed by atoms with van der Waals surface area (Å²) in [5.74, 6) is 0.773. The summed E-state index contributed by atoms with van der Waals surface area (Å²) < 4.78 is 5.35. The van der Waals surface area contributed by atoms with E-state index in [2.05, 4.69) is 12.1 Å². The first-order valence-corrected chi connectivity index (χ1v) is 5.90. The molecule has 94 valence electrons. The minimum atomic E-state index is 0.109. The Hall–Kier alpha value is -1.71. The van der Waals surface area contributed by atoms with Crippen LogP contribution < -0.4 is 4.74 Å². The molecule has 0 amide bonds. The van der Waals surface area contributed by atoms with Crippen molar-refractivity contribution in [2.75, 3.05) is 6.61 Å². The predicted octanol–water partition coefficient (Wildman–Crippen LogP) is 3.16. The number of hydrogen-bond donors (Lipinski definition) is 2. The van der Waals surface area contributed by atoms with E-state index in [0.29, 0.717) is 30.1 Å². The summed E-state index contributed by atoms with van der Waals surface area (Å²) >= 11 is 0. The van der Waals surface area contributed by atoms with Crippen molar-refractivity contribution in [3.63, 3.8) is 0 Å². The number of nitrogens with zero attached hydrogens (tertiary/aromatic N) is 1. The highest BCUT2D eigenvalue weighted by atomic mass is 16.5. The zero-order valence-electron chi connectivity index (χ0n) is 10.3. The van der Waals surface area contributed by atoms with E-state index in [1.165, 1.54) is 0 Å². The SMILES string of the molecule is CCCC/C(=N\O)c1cc(OCC)ccc1O. The second-order valence-corrected chi connectivity index (χ2v) is 3.76. The lowest BCUT2D eigenvalue weighted by atomic mass is 10.0. The largest absolute Gasteiger partial charge is 0.507 e. The number of phenolic OH excluding ortho intramolecular Hbond substituents is 1. The minimum Gasteiger partial charge on any atom is -0.507 e. The molecule has 1 aromatic carbocycles. The molecule has 0 saturated heterocycles. The second kappa shape index (κ2) is 6.78. The number of benzene rings is 1. The standard InChI is InChI=1S/C13H19NO3/c1-3-5-6-12(14-16)11-9-10(17-4-2)7-8-13(11)15/h7-9,15-16H,3-6H2,1-2H3/b14-12+. The van der Waals surface area contributed by atoms with Crippen LogP contribution in [-0.4, -0.2) is 22.6 Å². The van der Waals surface area contributed by atoms with Crippen molar-refractivity contribution in [3.05, 3.63) is 23.8 Å². The Bertz CT molecular complexity index is 388. The van der Waals surface area contributed by atoms with E-state index in [1.807, 2.05) is 6.92 Å². The van der Waals surface area contributed by atoms with Gasteiger partial charge in [-0.2, -0.15) is 0 Å². The molecule has 1 aromatic rings. The normalized spacial score (nSPS) is 11.5. The summed E-state index contributed by atoms with van der Waals surface area (Å²) in [6.07, 6.45) is 2.55. The first-order chi connectivity index (χ1) is 8.22. The third-order valence-corrected chi connectivity index (χ3v) is 2.48. The molecule has 0 heterocycles. The highest BCUT2D eigenvalue weighted by Crippen LogP contribution is 2.25. The Morgan fingerprint density at radius 1 is 1.35 bits per heavy atom. The van der Waals surface area contributed by atoms with Crippen molar-refractivity contribution in [2.45, 2.75) is 33.1 Å². The topological polar surface area (TPSA) is 62.1 Å². The van der Waals surface area contributed by atoms with E-state index in [0.717, 1.165) is 12.8 Å². The van der Waals surface area contributed by atoms with Crippen molar-refractivity contribution in [3.8, 4) is 11.5 Å². The lowest BCUT2D eigenvalue weighted by Crippen LogP contribution is -2.02. The fourth-order valence-corrected chi connectivity index (χ4v) is 1.59. The molecule has 0 unspecified atom stereocenters. The molecule has 0 spiro atoms. The summed E-state index contributed by atoms with van der Waals surface area (Å²) in [6, 6.07) is 4.94. The number of hydrogen-bond acceptors (Lipinski definition) is 4. The molecular formula is C13H19NO3. The molecule has 17 heavy (non-hydrogen) atoms. The smallest absolute Gasteiger partial charge is 0.125 e. The first kappa shape index (κ1) is 13.4. The Balaban J connectivity index is 2.96. The lowest BCUT2D eigenvalue weighted by molar-refractivity contribution is 0.317. The molecule has 0 aliphatic rings. The number of unbranched alkanes of at least 4 members (excludes halogenated alkanes) is 1. The van der Waals surface area contributed by atoms with Crippen molar-refractivity contribution in [1.29, 1.82) is 0 Å². The highest BCUT2D eigenvalue weighted by molar-refractivity contribution is 6.02. The summed E-state index contributed by atoms with van der Waals surface area (Å²) in [6.45, 7) is 4.51. The number of ether oxygens (including phenoxy) is 1. The van der Waals surface area contributed by atoms with Crippen molar-refractivity contribution >= 4 is 5.71 Å². The molecule has 0 aliphatic carbocycles. The van der Waals surface area contributed by atoms with Crippen LogP contribution in [0.3, 0.4) is 0 Å². The maximum absolute atomic E-state index is 9.76. The van der Waals surface area contributed by atoms with Crippen molar-refractivity contribution < 1.29 is 15.1 Å². The van der Waals surface area contributed by atoms with Crippen LogP contribution >= 0.6 is 0 Å². The quantitative estimate of drug-likeness (QED) is 0.454. The van der Waals surface area contributed by atoms with Crippen LogP contribution in [0.4, 0.5) is 0 Å². The van der Waals surface area contributed by atoms with Crippen LogP contribution in [0.5, 0.6) is 11.5 Å². The van der Waals surface area contributed by atoms with Crippen LogP contribution in [0.2, 0.25) is 0 Å². The van der Waals surface area contributed by atoms with Gasteiger partial charge < -0.3 is 15.1 Å². The second-order valence-electron chi connectivity index (χ2n) is 3.76. The summed E-state index contributed by atoms with van der Waals surface area (Å²) in [5, 5.41) is 22.0. The molecule has 0 aromatic heterocycles. The zero-order valence-corrected chi connectivity index (χ0v) is 10.3. The van der Waals surface area contributed by atoms with Gasteiger partial charge in [0.25, 0.3) is 0 Å². The van der Waals surface area contributed by atoms with Gasteiger partial charge in [-0.3, -0.25) is 0 Å². The van der Waals surface area contributed by atoms with Gasteiger partial charge in [-0.25, -0.2) is 0 Å². The van der Waals surface area contributed by atoms with Crippen molar-refractivity contribution in [2.24, 2.45) is 5.16 Å². The maximum Gasteiger partial charge on any atom is 0.125 e. The van der Waals surface area contributed by atoms with Gasteiger partial charge >= 0.3 is 0 Å². The molecule has 0 saturated carbocycles. The maximum atomic E-state index is 9.76. The Morgan fingerprint density at radius 2 is 2.12 bits per heavy atom. The Kier molecular flexibility index (Phi) is 5.33. The molecule has 1 rings (SSSR count). The van der Waals surface area contributed by atoms with Gasteiger partial charge in [0.2, 0.25) is 0 Å². The zero-order chi connectivity index (χ0) is 12.7. The van der Waals surface area contributed by atoms with Crippen LogP contribution in [0.1, 0.15) is 38.7 Å². The molecule has 0 fully saturated rings. The Morgan fingerprint density at radius 3 is 2.71 bits per heavy atom. The number of aromatic hydroxyl groups is 1. The van der Waals surface area contributed by atoms with E-state index in [-0.39, 0.29) is 5.75 Å². The summed E-state index contributed by atoms with van der Waals surface area (Å²) in [7, 11) is 0. The molecule has 0 atom stereocenters. The van der Waals surface area contributed by atoms with Gasteiger partial charge in [0.05, 0.1) is 12.3 Å². The summed E-state index contributed by atoms with van der Waals surface area (Å²) in [5.41, 5.74) is 1.03. The molecule has 2 N–H and O–H groups in total. The number of oxime groups is 1. The van der Waals surface area contributed by atoms with Crippen molar-refractivity contribution in [1.82, 2.24) is 0 Å². The van der Waals surface area contributed by atoms with Gasteiger partial charge in [-0.05, 0) is 38.0 Å². The summed E-state index contributed by atoms with van der Waals surface area (Å²) in [4.78, 5) is 0. The Labute approximate surface area is 102 Å². The minimum absolute atomic E-state index is 0.109. The third kappa shape index (κ3) is 3.66. The molecule has 0 aliphatic heterocycles. The number of rotatable bonds is 6. The van der Waals surface area contributed by atoms with Gasteiger partial charge in [0.1, 0.15) is 11.5 Å². The average molecular weight is 237 g/mol. The van der Waals surface area contributed by atoms with Crippen LogP contribution in [0.25, 0.3) is 0 Å². The van der Waals surface area contributed by atoms with Crippen LogP contribution in [0, 0.1) is 0 Å². The van der Waals surface area contributed by atoms with Gasteiger partial charge in [-0.1, -0.05) is 18.5 Å². The first-order valence-electron chi connectivity index (χ1n) is 5.90. The number of phenols is 1. The predicted molar refractivity (Wildman–Crippen MR) is 67.1 cm³/mol. The van der Waals surface area contributed by atoms with E-state index < -0.39 is 0 Å². The van der Waals surface area contributed by atoms with E-state index in [1.54, 1.807) is 18.2 Å². The monoisotopic (exact) mass is 237 g/mol. The fourth-order valence-electron chi connectivity index (χ4n) is 1.59. The third-order valence-electron chi connectivity index (χ3n) is 2.48. The molecule has 0 bridgehead atoms. The van der Waals surface area contributed by atoms with Crippen LogP contribution in [0.15, 0.2) is 23.4 Å². The van der Waals surface area contributed by atoms with Gasteiger partial charge in [-0.15, -0.1) is 0 Å². The van der Waals surface area contributed by atoms with Gasteiger partial charge in [0, 0.05) is 5.56 Å². The average Bonchev–Trinajstić information content (AvgIpc) is 2.34.